The lowest BCUT2D eigenvalue weighted by molar-refractivity contribution is -0.0405. The fourth-order valence-corrected chi connectivity index (χ4v) is 5.73. The minimum Gasteiger partial charge on any atom is -0.378 e. The highest BCUT2D eigenvalue weighted by molar-refractivity contribution is 6.30. The Morgan fingerprint density at radius 2 is 1.71 bits per heavy atom. The van der Waals surface area contributed by atoms with E-state index in [4.69, 9.17) is 17.3 Å². The van der Waals surface area contributed by atoms with Gasteiger partial charge in [-0.25, -0.2) is 4.39 Å². The number of nitrogens with two attached hydrogens (primary N) is 1. The quantitative estimate of drug-likeness (QED) is 0.884. The fraction of sp³-hybridized carbons (Fsp3) is 0.647. The van der Waals surface area contributed by atoms with Crippen LogP contribution >= 0.6 is 11.6 Å². The normalized spacial score (nSPS) is 40.5. The molecule has 2 nitrogen and oxygen atoms in total. The molecule has 4 heteroatoms. The average molecular weight is 309 g/mol. The van der Waals surface area contributed by atoms with Crippen molar-refractivity contribution in [3.05, 3.63) is 29.0 Å². The number of halogens is 2. The van der Waals surface area contributed by atoms with Crippen LogP contribution in [-0.4, -0.2) is 12.1 Å². The summed E-state index contributed by atoms with van der Waals surface area (Å²) in [5, 5.41) is 4.06. The Morgan fingerprint density at radius 1 is 1.10 bits per heavy atom. The number of hydrogen-bond donors (Lipinski definition) is 2. The first-order valence-electron chi connectivity index (χ1n) is 8.03. The summed E-state index contributed by atoms with van der Waals surface area (Å²) in [4.78, 5) is 0. The summed E-state index contributed by atoms with van der Waals surface area (Å²) in [6, 6.07) is 4.69. The molecule has 0 unspecified atom stereocenters. The predicted molar refractivity (Wildman–Crippen MR) is 83.9 cm³/mol. The first-order valence-corrected chi connectivity index (χ1v) is 8.41. The Hall–Kier alpha value is -0.800. The van der Waals surface area contributed by atoms with E-state index in [0.29, 0.717) is 23.4 Å². The van der Waals surface area contributed by atoms with E-state index in [1.165, 1.54) is 44.2 Å². The lowest BCUT2D eigenvalue weighted by Crippen LogP contribution is -2.65. The molecule has 4 aliphatic rings. The summed E-state index contributed by atoms with van der Waals surface area (Å²) in [5.74, 6) is 2.75. The summed E-state index contributed by atoms with van der Waals surface area (Å²) in [6.45, 7) is 0.621. The lowest BCUT2D eigenvalue weighted by Gasteiger charge is -2.61. The molecule has 0 saturated heterocycles. The van der Waals surface area contributed by atoms with Crippen molar-refractivity contribution in [2.45, 2.75) is 37.6 Å². The van der Waals surface area contributed by atoms with Crippen LogP contribution in [0.3, 0.4) is 0 Å². The van der Waals surface area contributed by atoms with Crippen molar-refractivity contribution in [3.63, 3.8) is 0 Å². The molecule has 3 N–H and O–H groups in total. The van der Waals surface area contributed by atoms with E-state index in [1.54, 1.807) is 0 Å². The van der Waals surface area contributed by atoms with Crippen LogP contribution in [0.1, 0.15) is 32.1 Å². The summed E-state index contributed by atoms with van der Waals surface area (Å²) < 4.78 is 13.6. The molecule has 0 spiro atoms. The summed E-state index contributed by atoms with van der Waals surface area (Å²) in [7, 11) is 0. The second-order valence-electron chi connectivity index (χ2n) is 7.33. The maximum atomic E-state index is 13.6. The van der Waals surface area contributed by atoms with Crippen LogP contribution in [0.25, 0.3) is 0 Å². The molecule has 5 rings (SSSR count). The smallest absolute Gasteiger partial charge is 0.126 e. The number of hydrogen-bond acceptors (Lipinski definition) is 2. The topological polar surface area (TPSA) is 38.0 Å². The Kier molecular flexibility index (Phi) is 3.20. The second kappa shape index (κ2) is 4.85. The molecule has 0 heterocycles. The molecule has 4 saturated carbocycles. The van der Waals surface area contributed by atoms with Gasteiger partial charge in [-0.05, 0) is 74.0 Å². The Bertz CT molecular complexity index is 511. The van der Waals surface area contributed by atoms with Gasteiger partial charge in [0.1, 0.15) is 5.82 Å². The van der Waals surface area contributed by atoms with E-state index in [2.05, 4.69) is 5.32 Å². The van der Waals surface area contributed by atoms with Crippen molar-refractivity contribution in [1.29, 1.82) is 0 Å². The molecule has 4 bridgehead atoms. The monoisotopic (exact) mass is 308 g/mol. The molecule has 4 aliphatic carbocycles. The van der Waals surface area contributed by atoms with E-state index in [-0.39, 0.29) is 11.4 Å². The standard InChI is InChI=1S/C17H22ClFN2/c18-14-6-15(19)8-16(7-14)21-17(9-20)12-2-10-1-11(4-12)5-13(17)3-10/h6-8,10-13,21H,1-5,9,20H2. The Labute approximate surface area is 130 Å². The van der Waals surface area contributed by atoms with Crippen molar-refractivity contribution >= 4 is 17.3 Å². The molecule has 1 aromatic rings. The van der Waals surface area contributed by atoms with E-state index >= 15 is 0 Å². The van der Waals surface area contributed by atoms with Gasteiger partial charge < -0.3 is 11.1 Å². The van der Waals surface area contributed by atoms with E-state index in [0.717, 1.165) is 17.5 Å². The summed E-state index contributed by atoms with van der Waals surface area (Å²) >= 11 is 6.00. The molecule has 1 aromatic carbocycles. The molecule has 21 heavy (non-hydrogen) atoms. The minimum atomic E-state index is -0.291. The highest BCUT2D eigenvalue weighted by atomic mass is 35.5. The highest BCUT2D eigenvalue weighted by Gasteiger charge is 2.56. The van der Waals surface area contributed by atoms with E-state index in [1.807, 2.05) is 6.07 Å². The van der Waals surface area contributed by atoms with Crippen LogP contribution < -0.4 is 11.1 Å². The van der Waals surface area contributed by atoms with Crippen molar-refractivity contribution in [2.24, 2.45) is 29.4 Å². The number of benzene rings is 1. The third kappa shape index (κ3) is 2.17. The molecule has 4 fully saturated rings. The SMILES string of the molecule is NCC1(Nc2cc(F)cc(Cl)c2)C2CC3CC(C2)CC1C3. The fourth-order valence-electron chi connectivity index (χ4n) is 5.51. The van der Waals surface area contributed by atoms with Gasteiger partial charge in [0.2, 0.25) is 0 Å². The van der Waals surface area contributed by atoms with Gasteiger partial charge in [-0.3, -0.25) is 0 Å². The van der Waals surface area contributed by atoms with Crippen LogP contribution in [0.4, 0.5) is 10.1 Å². The average Bonchev–Trinajstić information content (AvgIpc) is 2.41. The van der Waals surface area contributed by atoms with Crippen LogP contribution in [0.5, 0.6) is 0 Å². The van der Waals surface area contributed by atoms with Gasteiger partial charge in [0.25, 0.3) is 0 Å². The lowest BCUT2D eigenvalue weighted by atomic mass is 9.48. The number of rotatable bonds is 3. The predicted octanol–water partition coefficient (Wildman–Crippen LogP) is 4.04. The maximum Gasteiger partial charge on any atom is 0.126 e. The maximum absolute atomic E-state index is 13.6. The van der Waals surface area contributed by atoms with Gasteiger partial charge >= 0.3 is 0 Å². The van der Waals surface area contributed by atoms with Gasteiger partial charge in [-0.15, -0.1) is 0 Å². The van der Waals surface area contributed by atoms with Gasteiger partial charge in [-0.2, -0.15) is 0 Å². The molecule has 0 aromatic heterocycles. The molecule has 0 atom stereocenters. The Morgan fingerprint density at radius 3 is 2.24 bits per heavy atom. The minimum absolute atomic E-state index is 0.0649. The van der Waals surface area contributed by atoms with Gasteiger partial charge in [0.05, 0.1) is 5.54 Å². The van der Waals surface area contributed by atoms with Crippen LogP contribution in [0, 0.1) is 29.5 Å². The van der Waals surface area contributed by atoms with Gasteiger partial charge in [-0.1, -0.05) is 11.6 Å². The van der Waals surface area contributed by atoms with E-state index in [9.17, 15) is 4.39 Å². The van der Waals surface area contributed by atoms with Crippen molar-refractivity contribution in [2.75, 3.05) is 11.9 Å². The van der Waals surface area contributed by atoms with Crippen LogP contribution in [0.15, 0.2) is 18.2 Å². The van der Waals surface area contributed by atoms with Crippen LogP contribution in [0.2, 0.25) is 5.02 Å². The first kappa shape index (κ1) is 13.8. The van der Waals surface area contributed by atoms with Crippen molar-refractivity contribution in [1.82, 2.24) is 0 Å². The molecular weight excluding hydrogens is 287 g/mol. The first-order chi connectivity index (χ1) is 10.1. The summed E-state index contributed by atoms with van der Waals surface area (Å²) in [5.41, 5.74) is 6.93. The van der Waals surface area contributed by atoms with E-state index < -0.39 is 0 Å². The van der Waals surface area contributed by atoms with Crippen molar-refractivity contribution in [3.8, 4) is 0 Å². The molecule has 114 valence electrons. The van der Waals surface area contributed by atoms with Crippen molar-refractivity contribution < 1.29 is 4.39 Å². The Balaban J connectivity index is 1.67. The van der Waals surface area contributed by atoms with Gasteiger partial charge in [0.15, 0.2) is 0 Å². The zero-order chi connectivity index (χ0) is 14.6. The third-order valence-electron chi connectivity index (χ3n) is 6.17. The zero-order valence-corrected chi connectivity index (χ0v) is 12.9. The molecule has 0 aliphatic heterocycles. The molecular formula is C17H22ClFN2. The molecule has 0 radical (unpaired) electrons. The number of nitrogens with one attached hydrogen (secondary N) is 1. The third-order valence-corrected chi connectivity index (χ3v) is 6.39. The molecule has 0 amide bonds. The van der Waals surface area contributed by atoms with Gasteiger partial charge in [0, 0.05) is 17.3 Å². The van der Waals surface area contributed by atoms with Crippen LogP contribution in [-0.2, 0) is 0 Å². The largest absolute Gasteiger partial charge is 0.378 e. The summed E-state index contributed by atoms with van der Waals surface area (Å²) in [6.07, 6.45) is 6.53. The number of anilines is 1. The second-order valence-corrected chi connectivity index (χ2v) is 7.77. The zero-order valence-electron chi connectivity index (χ0n) is 12.1. The highest BCUT2D eigenvalue weighted by Crippen LogP contribution is 2.58.